The summed E-state index contributed by atoms with van der Waals surface area (Å²) >= 11 is 0. The predicted octanol–water partition coefficient (Wildman–Crippen LogP) is 3.13. The molecule has 0 fully saturated rings. The lowest BCUT2D eigenvalue weighted by Crippen LogP contribution is -2.23. The Morgan fingerprint density at radius 2 is 2.36 bits per heavy atom. The van der Waals surface area contributed by atoms with Crippen molar-refractivity contribution < 1.29 is 6.11 Å². The SMILES string of the molecule is [2H]C1=Cc2ccccc2C1(CC=C)OC. The second-order valence-corrected chi connectivity index (χ2v) is 3.40. The fourth-order valence-electron chi connectivity index (χ4n) is 1.89. The summed E-state index contributed by atoms with van der Waals surface area (Å²) in [5.74, 6) is 0. The molecule has 1 aromatic carbocycles. The van der Waals surface area contributed by atoms with Crippen LogP contribution in [0.25, 0.3) is 6.08 Å². The molecule has 1 nitrogen and oxygen atoms in total. The maximum Gasteiger partial charge on any atom is 0.115 e. The number of benzene rings is 1. The van der Waals surface area contributed by atoms with E-state index in [0.717, 1.165) is 11.1 Å². The molecule has 0 N–H and O–H groups in total. The van der Waals surface area contributed by atoms with Gasteiger partial charge in [0.2, 0.25) is 0 Å². The Morgan fingerprint density at radius 1 is 1.57 bits per heavy atom. The molecule has 2 rings (SSSR count). The van der Waals surface area contributed by atoms with Crippen molar-refractivity contribution in [3.8, 4) is 0 Å². The Morgan fingerprint density at radius 3 is 3.07 bits per heavy atom. The van der Waals surface area contributed by atoms with Crippen molar-refractivity contribution in [3.05, 3.63) is 54.1 Å². The highest BCUT2D eigenvalue weighted by molar-refractivity contribution is 5.64. The van der Waals surface area contributed by atoms with Gasteiger partial charge in [-0.1, -0.05) is 36.4 Å². The highest BCUT2D eigenvalue weighted by atomic mass is 16.5. The summed E-state index contributed by atoms with van der Waals surface area (Å²) in [7, 11) is 1.65. The van der Waals surface area contributed by atoms with Gasteiger partial charge in [0.1, 0.15) is 5.60 Å². The molecular formula is C13H14O. The number of fused-ring (bicyclic) bond motifs is 1. The molecule has 0 heterocycles. The number of methoxy groups -OCH3 is 1. The quantitative estimate of drug-likeness (QED) is 0.660. The first kappa shape index (κ1) is 8.01. The van der Waals surface area contributed by atoms with Gasteiger partial charge in [0.25, 0.3) is 0 Å². The molecule has 0 spiro atoms. The maximum absolute atomic E-state index is 8.01. The van der Waals surface area contributed by atoms with Crippen LogP contribution in [0, 0.1) is 0 Å². The van der Waals surface area contributed by atoms with E-state index in [0.29, 0.717) is 12.5 Å². The van der Waals surface area contributed by atoms with Crippen molar-refractivity contribution in [3.63, 3.8) is 0 Å². The molecule has 1 unspecified atom stereocenters. The number of rotatable bonds is 3. The van der Waals surface area contributed by atoms with Crippen LogP contribution in [0.1, 0.15) is 18.9 Å². The summed E-state index contributed by atoms with van der Waals surface area (Å²) in [6.07, 6.45) is 4.30. The zero-order valence-corrected chi connectivity index (χ0v) is 8.29. The lowest BCUT2D eigenvalue weighted by atomic mass is 9.92. The molecule has 1 aliphatic carbocycles. The van der Waals surface area contributed by atoms with Gasteiger partial charge in [-0.25, -0.2) is 0 Å². The molecule has 0 aliphatic heterocycles. The Balaban J connectivity index is 2.58. The Kier molecular flexibility index (Phi) is 1.96. The Hall–Kier alpha value is -1.34. The summed E-state index contributed by atoms with van der Waals surface area (Å²) in [5, 5.41) is 0. The minimum absolute atomic E-state index is 0.506. The van der Waals surface area contributed by atoms with Crippen molar-refractivity contribution in [1.82, 2.24) is 0 Å². The van der Waals surface area contributed by atoms with Crippen molar-refractivity contribution >= 4 is 6.08 Å². The van der Waals surface area contributed by atoms with Crippen LogP contribution in [0.2, 0.25) is 0 Å². The van der Waals surface area contributed by atoms with E-state index in [9.17, 15) is 0 Å². The van der Waals surface area contributed by atoms with E-state index < -0.39 is 5.60 Å². The fraction of sp³-hybridized carbons (Fsp3) is 0.231. The van der Waals surface area contributed by atoms with E-state index >= 15 is 0 Å². The van der Waals surface area contributed by atoms with Gasteiger partial charge in [0.15, 0.2) is 0 Å². The first-order valence-corrected chi connectivity index (χ1v) is 4.69. The van der Waals surface area contributed by atoms with Crippen molar-refractivity contribution in [2.75, 3.05) is 7.11 Å². The summed E-state index contributed by atoms with van der Waals surface area (Å²) in [5.41, 5.74) is 1.53. The van der Waals surface area contributed by atoms with Crippen LogP contribution in [-0.4, -0.2) is 7.11 Å². The van der Waals surface area contributed by atoms with E-state index in [4.69, 9.17) is 6.11 Å². The molecule has 1 atom stereocenters. The molecule has 0 bridgehead atoms. The van der Waals surface area contributed by atoms with E-state index in [1.807, 2.05) is 30.3 Å². The molecule has 14 heavy (non-hydrogen) atoms. The molecular weight excluding hydrogens is 172 g/mol. The molecule has 0 saturated carbocycles. The summed E-state index contributed by atoms with van der Waals surface area (Å²) in [6.45, 7) is 3.73. The van der Waals surface area contributed by atoms with E-state index in [1.165, 1.54) is 0 Å². The van der Waals surface area contributed by atoms with Crippen LogP contribution < -0.4 is 0 Å². The van der Waals surface area contributed by atoms with E-state index in [2.05, 4.69) is 6.58 Å². The normalized spacial score (nSPS) is 25.2. The van der Waals surface area contributed by atoms with Crippen LogP contribution in [0.3, 0.4) is 0 Å². The van der Waals surface area contributed by atoms with Crippen molar-refractivity contribution in [2.24, 2.45) is 0 Å². The summed E-state index contributed by atoms with van der Waals surface area (Å²) in [6, 6.07) is 8.48. The van der Waals surface area contributed by atoms with Crippen LogP contribution in [0.5, 0.6) is 0 Å². The van der Waals surface area contributed by atoms with Gasteiger partial charge in [-0.15, -0.1) is 6.58 Å². The molecule has 0 aromatic heterocycles. The number of ether oxygens (including phenoxy) is 1. The molecule has 1 aliphatic rings. The van der Waals surface area contributed by atoms with E-state index in [-0.39, 0.29) is 0 Å². The smallest absolute Gasteiger partial charge is 0.115 e. The minimum atomic E-state index is -0.613. The van der Waals surface area contributed by atoms with Gasteiger partial charge in [-0.2, -0.15) is 0 Å². The second kappa shape index (κ2) is 3.43. The van der Waals surface area contributed by atoms with Crippen molar-refractivity contribution in [2.45, 2.75) is 12.0 Å². The van der Waals surface area contributed by atoms with E-state index in [1.54, 1.807) is 13.2 Å². The molecule has 1 heteroatoms. The summed E-state index contributed by atoms with van der Waals surface area (Å²) < 4.78 is 13.6. The molecule has 0 saturated heterocycles. The highest BCUT2D eigenvalue weighted by Crippen LogP contribution is 2.39. The van der Waals surface area contributed by atoms with Crippen LogP contribution in [0.4, 0.5) is 0 Å². The molecule has 72 valence electrons. The van der Waals surface area contributed by atoms with Gasteiger partial charge in [-0.05, 0) is 17.2 Å². The largest absolute Gasteiger partial charge is 0.369 e. The van der Waals surface area contributed by atoms with Crippen LogP contribution in [0.15, 0.2) is 43.0 Å². The van der Waals surface area contributed by atoms with Gasteiger partial charge < -0.3 is 4.74 Å². The fourth-order valence-corrected chi connectivity index (χ4v) is 1.89. The lowest BCUT2D eigenvalue weighted by molar-refractivity contribution is 0.0346. The topological polar surface area (TPSA) is 9.23 Å². The van der Waals surface area contributed by atoms with Gasteiger partial charge >= 0.3 is 0 Å². The first-order valence-electron chi connectivity index (χ1n) is 5.19. The third-order valence-electron chi connectivity index (χ3n) is 2.64. The first-order chi connectivity index (χ1) is 7.24. The summed E-state index contributed by atoms with van der Waals surface area (Å²) in [4.78, 5) is 0. The van der Waals surface area contributed by atoms with Gasteiger partial charge in [0, 0.05) is 13.5 Å². The zero-order valence-electron chi connectivity index (χ0n) is 9.29. The predicted molar refractivity (Wildman–Crippen MR) is 59.0 cm³/mol. The van der Waals surface area contributed by atoms with Gasteiger partial charge in [-0.3, -0.25) is 0 Å². The average Bonchev–Trinajstić information content (AvgIpc) is 2.53. The Bertz CT molecular complexity index is 422. The molecule has 0 radical (unpaired) electrons. The third-order valence-corrected chi connectivity index (χ3v) is 2.64. The molecule has 0 amide bonds. The molecule has 1 aromatic rings. The van der Waals surface area contributed by atoms with Crippen molar-refractivity contribution in [1.29, 1.82) is 0 Å². The number of hydrogen-bond donors (Lipinski definition) is 0. The lowest BCUT2D eigenvalue weighted by Gasteiger charge is -2.26. The standard InChI is InChI=1S/C13H14O/c1-3-9-13(14-2)10-8-11-6-4-5-7-12(11)13/h3-8,10H,1,9H2,2H3/i10D. The van der Waals surface area contributed by atoms with Crippen LogP contribution in [-0.2, 0) is 10.3 Å². The maximum atomic E-state index is 8.01. The van der Waals surface area contributed by atoms with Crippen LogP contribution >= 0.6 is 0 Å². The monoisotopic (exact) mass is 187 g/mol. The van der Waals surface area contributed by atoms with Gasteiger partial charge in [0.05, 0.1) is 1.37 Å². The zero-order chi connectivity index (χ0) is 10.9. The number of hydrogen-bond acceptors (Lipinski definition) is 1. The second-order valence-electron chi connectivity index (χ2n) is 3.40. The third kappa shape index (κ3) is 1.21. The minimum Gasteiger partial charge on any atom is -0.369 e. The average molecular weight is 187 g/mol. The highest BCUT2D eigenvalue weighted by Gasteiger charge is 2.32. The Labute approximate surface area is 86.1 Å².